The van der Waals surface area contributed by atoms with Crippen LogP contribution in [0.25, 0.3) is 0 Å². The number of carboxylic acids is 1. The first-order chi connectivity index (χ1) is 7.72. The molecule has 0 unspecified atom stereocenters. The number of amides is 2. The number of carboxylic acid groups (broad SMARTS) is 1. The maximum Gasteiger partial charge on any atom is 0.389 e. The standard InChI is InChI=1S/C9H15F3N2O3/c1-6(7(15)16)14-8(17)13-5-3-2-4-9(10,11)12/h6H,2-5H2,1H3,(H,15,16)(H2,13,14,17)/t6-/m0/s1. The van der Waals surface area contributed by atoms with Crippen molar-refractivity contribution in [3.8, 4) is 0 Å². The summed E-state index contributed by atoms with van der Waals surface area (Å²) in [6.45, 7) is 1.36. The lowest BCUT2D eigenvalue weighted by Gasteiger charge is -2.10. The van der Waals surface area contributed by atoms with Crippen molar-refractivity contribution in [2.45, 2.75) is 38.4 Å². The third kappa shape index (κ3) is 9.46. The van der Waals surface area contributed by atoms with Crippen LogP contribution in [0, 0.1) is 0 Å². The molecule has 0 spiro atoms. The average molecular weight is 256 g/mol. The fourth-order valence-corrected chi connectivity index (χ4v) is 0.962. The summed E-state index contributed by atoms with van der Waals surface area (Å²) < 4.78 is 35.2. The Hall–Kier alpha value is -1.47. The molecular weight excluding hydrogens is 241 g/mol. The molecule has 0 bridgehead atoms. The molecule has 0 saturated carbocycles. The molecule has 1 atom stereocenters. The highest BCUT2D eigenvalue weighted by Crippen LogP contribution is 2.21. The van der Waals surface area contributed by atoms with Crippen molar-refractivity contribution < 1.29 is 27.9 Å². The van der Waals surface area contributed by atoms with Gasteiger partial charge in [-0.25, -0.2) is 4.79 Å². The Morgan fingerprint density at radius 2 is 1.88 bits per heavy atom. The second-order valence-electron chi connectivity index (χ2n) is 3.53. The van der Waals surface area contributed by atoms with Gasteiger partial charge in [0.1, 0.15) is 6.04 Å². The Labute approximate surface area is 96.4 Å². The van der Waals surface area contributed by atoms with Crippen LogP contribution in [0.3, 0.4) is 0 Å². The number of rotatable bonds is 6. The fourth-order valence-electron chi connectivity index (χ4n) is 0.962. The summed E-state index contributed by atoms with van der Waals surface area (Å²) in [4.78, 5) is 21.4. The molecule has 0 aliphatic heterocycles. The van der Waals surface area contributed by atoms with Gasteiger partial charge in [-0.3, -0.25) is 4.79 Å². The first-order valence-corrected chi connectivity index (χ1v) is 5.06. The van der Waals surface area contributed by atoms with E-state index in [1.165, 1.54) is 6.92 Å². The van der Waals surface area contributed by atoms with Crippen molar-refractivity contribution in [1.82, 2.24) is 10.6 Å². The van der Waals surface area contributed by atoms with E-state index in [1.807, 2.05) is 0 Å². The van der Waals surface area contributed by atoms with Gasteiger partial charge in [0.05, 0.1) is 0 Å². The fraction of sp³-hybridized carbons (Fsp3) is 0.778. The largest absolute Gasteiger partial charge is 0.480 e. The maximum atomic E-state index is 11.7. The first-order valence-electron chi connectivity index (χ1n) is 5.06. The maximum absolute atomic E-state index is 11.7. The van der Waals surface area contributed by atoms with E-state index in [9.17, 15) is 22.8 Å². The van der Waals surface area contributed by atoms with Crippen molar-refractivity contribution in [3.05, 3.63) is 0 Å². The van der Waals surface area contributed by atoms with Crippen molar-refractivity contribution in [2.24, 2.45) is 0 Å². The molecule has 8 heteroatoms. The topological polar surface area (TPSA) is 78.4 Å². The first kappa shape index (κ1) is 15.5. The number of carbonyl (C=O) groups excluding carboxylic acids is 1. The number of unbranched alkanes of at least 4 members (excludes halogenated alkanes) is 1. The van der Waals surface area contributed by atoms with E-state index in [-0.39, 0.29) is 19.4 Å². The number of halogens is 3. The second kappa shape index (κ2) is 6.97. The summed E-state index contributed by atoms with van der Waals surface area (Å²) >= 11 is 0. The Morgan fingerprint density at radius 3 is 2.35 bits per heavy atom. The van der Waals surface area contributed by atoms with Crippen LogP contribution in [0.1, 0.15) is 26.2 Å². The molecule has 0 aromatic heterocycles. The highest BCUT2D eigenvalue weighted by molar-refractivity contribution is 5.82. The monoisotopic (exact) mass is 256 g/mol. The van der Waals surface area contributed by atoms with E-state index in [0.717, 1.165) is 0 Å². The van der Waals surface area contributed by atoms with Crippen LogP contribution in [-0.2, 0) is 4.79 Å². The van der Waals surface area contributed by atoms with Gasteiger partial charge in [0.25, 0.3) is 0 Å². The Balaban J connectivity index is 3.56. The molecule has 0 radical (unpaired) electrons. The molecule has 0 aliphatic rings. The van der Waals surface area contributed by atoms with Crippen LogP contribution < -0.4 is 10.6 Å². The smallest absolute Gasteiger partial charge is 0.389 e. The highest BCUT2D eigenvalue weighted by atomic mass is 19.4. The lowest BCUT2D eigenvalue weighted by Crippen LogP contribution is -2.44. The van der Waals surface area contributed by atoms with E-state index < -0.39 is 30.6 Å². The SMILES string of the molecule is C[C@H](NC(=O)NCCCCC(F)(F)F)C(=O)O. The number of hydrogen-bond donors (Lipinski definition) is 3. The molecular formula is C9H15F3N2O3. The van der Waals surface area contributed by atoms with Gasteiger partial charge in [-0.1, -0.05) is 0 Å². The summed E-state index contributed by atoms with van der Waals surface area (Å²) in [5.41, 5.74) is 0. The van der Waals surface area contributed by atoms with Crippen LogP contribution in [0.2, 0.25) is 0 Å². The summed E-state index contributed by atoms with van der Waals surface area (Å²) in [7, 11) is 0. The van der Waals surface area contributed by atoms with Gasteiger partial charge in [0.2, 0.25) is 0 Å². The van der Waals surface area contributed by atoms with Crippen molar-refractivity contribution in [1.29, 1.82) is 0 Å². The predicted octanol–water partition coefficient (Wildman–Crippen LogP) is 1.49. The molecule has 0 aliphatic carbocycles. The van der Waals surface area contributed by atoms with E-state index >= 15 is 0 Å². The lowest BCUT2D eigenvalue weighted by molar-refractivity contribution is -0.139. The van der Waals surface area contributed by atoms with E-state index in [2.05, 4.69) is 10.6 Å². The highest BCUT2D eigenvalue weighted by Gasteiger charge is 2.25. The normalized spacial score (nSPS) is 12.9. The molecule has 0 aromatic rings. The van der Waals surface area contributed by atoms with Crippen molar-refractivity contribution >= 4 is 12.0 Å². The van der Waals surface area contributed by atoms with Gasteiger partial charge in [-0.2, -0.15) is 13.2 Å². The molecule has 0 saturated heterocycles. The van der Waals surface area contributed by atoms with E-state index in [1.54, 1.807) is 0 Å². The van der Waals surface area contributed by atoms with Crippen LogP contribution in [-0.4, -0.2) is 35.9 Å². The summed E-state index contributed by atoms with van der Waals surface area (Å²) in [6, 6.07) is -1.74. The Bertz CT molecular complexity index is 269. The minimum Gasteiger partial charge on any atom is -0.480 e. The zero-order chi connectivity index (χ0) is 13.5. The van der Waals surface area contributed by atoms with Crippen LogP contribution in [0.4, 0.5) is 18.0 Å². The molecule has 17 heavy (non-hydrogen) atoms. The minimum absolute atomic E-state index is 0.0712. The number of nitrogens with one attached hydrogen (secondary N) is 2. The molecule has 0 aromatic carbocycles. The van der Waals surface area contributed by atoms with Gasteiger partial charge >= 0.3 is 18.2 Å². The number of carbonyl (C=O) groups is 2. The molecule has 2 amide bonds. The molecule has 100 valence electrons. The average Bonchev–Trinajstić information content (AvgIpc) is 2.15. The van der Waals surface area contributed by atoms with Gasteiger partial charge < -0.3 is 15.7 Å². The minimum atomic E-state index is -4.18. The summed E-state index contributed by atoms with van der Waals surface area (Å²) in [5, 5.41) is 12.9. The van der Waals surface area contributed by atoms with Crippen LogP contribution >= 0.6 is 0 Å². The van der Waals surface area contributed by atoms with Crippen LogP contribution in [0.5, 0.6) is 0 Å². The number of aliphatic carboxylic acids is 1. The predicted molar refractivity (Wildman–Crippen MR) is 53.5 cm³/mol. The van der Waals surface area contributed by atoms with Gasteiger partial charge in [-0.05, 0) is 19.8 Å². The Kier molecular flexibility index (Phi) is 6.37. The van der Waals surface area contributed by atoms with Gasteiger partial charge in [-0.15, -0.1) is 0 Å². The third-order valence-corrected chi connectivity index (χ3v) is 1.89. The third-order valence-electron chi connectivity index (χ3n) is 1.89. The van der Waals surface area contributed by atoms with Crippen LogP contribution in [0.15, 0.2) is 0 Å². The molecule has 3 N–H and O–H groups in total. The van der Waals surface area contributed by atoms with E-state index in [4.69, 9.17) is 5.11 Å². The molecule has 5 nitrogen and oxygen atoms in total. The number of alkyl halides is 3. The lowest BCUT2D eigenvalue weighted by atomic mass is 10.2. The summed E-state index contributed by atoms with van der Waals surface area (Å²) in [5.74, 6) is -1.18. The summed E-state index contributed by atoms with van der Waals surface area (Å²) in [6.07, 6.45) is -4.95. The van der Waals surface area contributed by atoms with Crippen molar-refractivity contribution in [2.75, 3.05) is 6.54 Å². The second-order valence-corrected chi connectivity index (χ2v) is 3.53. The number of hydrogen-bond acceptors (Lipinski definition) is 2. The zero-order valence-electron chi connectivity index (χ0n) is 9.30. The molecule has 0 fully saturated rings. The van der Waals surface area contributed by atoms with Gasteiger partial charge in [0.15, 0.2) is 0 Å². The molecule has 0 rings (SSSR count). The van der Waals surface area contributed by atoms with Crippen molar-refractivity contribution in [3.63, 3.8) is 0 Å². The van der Waals surface area contributed by atoms with Gasteiger partial charge in [0, 0.05) is 13.0 Å². The molecule has 0 heterocycles. The quantitative estimate of drug-likeness (QED) is 0.630. The zero-order valence-corrected chi connectivity index (χ0v) is 9.30. The Morgan fingerprint density at radius 1 is 1.29 bits per heavy atom. The van der Waals surface area contributed by atoms with E-state index in [0.29, 0.717) is 0 Å². The number of urea groups is 1.